The summed E-state index contributed by atoms with van der Waals surface area (Å²) in [6.45, 7) is 3.22. The number of ether oxygens (including phenoxy) is 1. The molecule has 1 saturated heterocycles. The Kier molecular flexibility index (Phi) is 7.06. The van der Waals surface area contributed by atoms with Gasteiger partial charge in [-0.2, -0.15) is 0 Å². The molecular weight excluding hydrogens is 338 g/mol. The Morgan fingerprint density at radius 1 is 1.36 bits per heavy atom. The van der Waals surface area contributed by atoms with Crippen molar-refractivity contribution in [3.05, 3.63) is 42.0 Å². The lowest BCUT2D eigenvalue weighted by Crippen LogP contribution is -2.29. The number of thioether (sulfide) groups is 1. The van der Waals surface area contributed by atoms with Crippen LogP contribution in [0.25, 0.3) is 0 Å². The predicted molar refractivity (Wildman–Crippen MR) is 101 cm³/mol. The van der Waals surface area contributed by atoms with Gasteiger partial charge in [-0.25, -0.2) is 0 Å². The van der Waals surface area contributed by atoms with E-state index in [1.54, 1.807) is 7.05 Å². The van der Waals surface area contributed by atoms with Crippen molar-refractivity contribution in [3.8, 4) is 5.75 Å². The molecule has 134 valence electrons. The second-order valence-corrected chi connectivity index (χ2v) is 6.76. The molecule has 0 saturated carbocycles. The van der Waals surface area contributed by atoms with Crippen LogP contribution in [0.5, 0.6) is 5.75 Å². The minimum atomic E-state index is -0.341. The largest absolute Gasteiger partial charge is 0.492 e. The summed E-state index contributed by atoms with van der Waals surface area (Å²) < 4.78 is 5.75. The third kappa shape index (κ3) is 5.63. The van der Waals surface area contributed by atoms with Gasteiger partial charge in [-0.1, -0.05) is 30.0 Å². The molecule has 2 amide bonds. The molecule has 1 atom stereocenters. The third-order valence-electron chi connectivity index (χ3n) is 3.74. The van der Waals surface area contributed by atoms with Crippen molar-refractivity contribution < 1.29 is 14.3 Å². The number of nitrogens with one attached hydrogen (secondary N) is 1. The summed E-state index contributed by atoms with van der Waals surface area (Å²) in [5.74, 6) is 1.47. The summed E-state index contributed by atoms with van der Waals surface area (Å²) in [6.07, 6.45) is 4.44. The lowest BCUT2D eigenvalue weighted by atomic mass is 10.1. The van der Waals surface area contributed by atoms with Gasteiger partial charge in [0.2, 0.25) is 5.91 Å². The molecule has 6 nitrogen and oxygen atoms in total. The van der Waals surface area contributed by atoms with Crippen LogP contribution in [0.2, 0.25) is 0 Å². The normalized spacial score (nSPS) is 17.9. The quantitative estimate of drug-likeness (QED) is 0.597. The fourth-order valence-electron chi connectivity index (χ4n) is 2.40. The van der Waals surface area contributed by atoms with Gasteiger partial charge >= 0.3 is 0 Å². The molecule has 0 spiro atoms. The van der Waals surface area contributed by atoms with E-state index in [1.807, 2.05) is 55.3 Å². The van der Waals surface area contributed by atoms with Crippen molar-refractivity contribution in [1.82, 2.24) is 10.2 Å². The smallest absolute Gasteiger partial charge is 0.286 e. The molecule has 2 rings (SSSR count). The Bertz CT molecular complexity index is 671. The summed E-state index contributed by atoms with van der Waals surface area (Å²) >= 11 is 1.05. The van der Waals surface area contributed by atoms with Crippen molar-refractivity contribution in [2.75, 3.05) is 27.2 Å². The van der Waals surface area contributed by atoms with E-state index < -0.39 is 0 Å². The van der Waals surface area contributed by atoms with Gasteiger partial charge in [0.15, 0.2) is 0 Å². The van der Waals surface area contributed by atoms with Crippen molar-refractivity contribution in [3.63, 3.8) is 0 Å². The standard InChI is InChI=1S/C18H23N3O3S/c1-4-5-16(19-2)21(3)10-11-24-14-8-6-13(7-9-14)12-15-17(22)20-18(23)25-15/h4-9,15H,10-12H2,1-3H3,(H,20,22,23)/b5-4-,19-16+. The second kappa shape index (κ2) is 9.27. The highest BCUT2D eigenvalue weighted by atomic mass is 32.2. The van der Waals surface area contributed by atoms with Gasteiger partial charge in [-0.05, 0) is 37.1 Å². The number of hydrogen-bond acceptors (Lipinski definition) is 5. The molecule has 1 heterocycles. The third-order valence-corrected chi connectivity index (χ3v) is 4.72. The van der Waals surface area contributed by atoms with Gasteiger partial charge in [-0.3, -0.25) is 19.9 Å². The number of likely N-dealkylation sites (N-methyl/N-ethyl adjacent to an activating group) is 1. The number of carbonyl (C=O) groups is 2. The number of hydrogen-bond donors (Lipinski definition) is 1. The monoisotopic (exact) mass is 361 g/mol. The molecule has 1 fully saturated rings. The van der Waals surface area contributed by atoms with E-state index in [-0.39, 0.29) is 16.4 Å². The molecule has 0 radical (unpaired) electrons. The number of allylic oxidation sites excluding steroid dienone is 1. The molecule has 1 N–H and O–H groups in total. The molecule has 1 aliphatic heterocycles. The van der Waals surface area contributed by atoms with E-state index in [0.29, 0.717) is 13.0 Å². The van der Waals surface area contributed by atoms with Gasteiger partial charge in [0.25, 0.3) is 5.24 Å². The average Bonchev–Trinajstić information content (AvgIpc) is 2.91. The van der Waals surface area contributed by atoms with Crippen LogP contribution in [0.15, 0.2) is 41.4 Å². The maximum Gasteiger partial charge on any atom is 0.286 e. The zero-order valence-electron chi connectivity index (χ0n) is 14.7. The summed E-state index contributed by atoms with van der Waals surface area (Å²) in [4.78, 5) is 29.0. The number of benzene rings is 1. The van der Waals surface area contributed by atoms with E-state index in [2.05, 4.69) is 10.3 Å². The molecule has 1 unspecified atom stereocenters. The zero-order chi connectivity index (χ0) is 18.2. The first kappa shape index (κ1) is 19.1. The van der Waals surface area contributed by atoms with Gasteiger partial charge in [0.05, 0.1) is 11.8 Å². The highest BCUT2D eigenvalue weighted by Gasteiger charge is 2.31. The van der Waals surface area contributed by atoms with Crippen molar-refractivity contribution in [1.29, 1.82) is 0 Å². The first-order chi connectivity index (χ1) is 12.0. The van der Waals surface area contributed by atoms with Crippen LogP contribution in [0.1, 0.15) is 12.5 Å². The summed E-state index contributed by atoms with van der Waals surface area (Å²) in [5, 5.41) is 1.69. The Morgan fingerprint density at radius 2 is 2.08 bits per heavy atom. The van der Waals surface area contributed by atoms with Crippen LogP contribution >= 0.6 is 11.8 Å². The number of imide groups is 1. The maximum absolute atomic E-state index is 11.6. The fraction of sp³-hybridized carbons (Fsp3) is 0.389. The van der Waals surface area contributed by atoms with Crippen molar-refractivity contribution in [2.24, 2.45) is 4.99 Å². The molecule has 1 aliphatic rings. The Hall–Kier alpha value is -2.28. The SMILES string of the molecule is C/C=C\C(=N/C)N(C)CCOc1ccc(CC2SC(=O)NC2=O)cc1. The van der Waals surface area contributed by atoms with E-state index >= 15 is 0 Å². The Morgan fingerprint density at radius 3 is 2.64 bits per heavy atom. The summed E-state index contributed by atoms with van der Waals surface area (Å²) in [5.41, 5.74) is 1.00. The highest BCUT2D eigenvalue weighted by Crippen LogP contribution is 2.23. The number of aliphatic imine (C=N–C) groups is 1. The molecule has 0 aliphatic carbocycles. The topological polar surface area (TPSA) is 71.0 Å². The highest BCUT2D eigenvalue weighted by molar-refractivity contribution is 8.15. The van der Waals surface area contributed by atoms with E-state index in [0.717, 1.165) is 35.5 Å². The summed E-state index contributed by atoms with van der Waals surface area (Å²) in [7, 11) is 3.74. The fourth-order valence-corrected chi connectivity index (χ4v) is 3.26. The van der Waals surface area contributed by atoms with E-state index in [4.69, 9.17) is 4.74 Å². The van der Waals surface area contributed by atoms with Gasteiger partial charge in [0.1, 0.15) is 18.2 Å². The lowest BCUT2D eigenvalue weighted by Gasteiger charge is -2.19. The van der Waals surface area contributed by atoms with Crippen LogP contribution in [0.3, 0.4) is 0 Å². The number of rotatable bonds is 7. The molecule has 1 aromatic carbocycles. The van der Waals surface area contributed by atoms with Gasteiger partial charge < -0.3 is 9.64 Å². The molecule has 0 aromatic heterocycles. The first-order valence-corrected chi connectivity index (χ1v) is 8.95. The second-order valence-electron chi connectivity index (χ2n) is 5.58. The first-order valence-electron chi connectivity index (χ1n) is 8.07. The van der Waals surface area contributed by atoms with Crippen LogP contribution in [-0.2, 0) is 11.2 Å². The molecule has 25 heavy (non-hydrogen) atoms. The zero-order valence-corrected chi connectivity index (χ0v) is 15.5. The molecule has 0 bridgehead atoms. The molecule has 1 aromatic rings. The number of nitrogens with zero attached hydrogens (tertiary/aromatic N) is 2. The average molecular weight is 361 g/mol. The minimum Gasteiger partial charge on any atom is -0.492 e. The summed E-state index contributed by atoms with van der Waals surface area (Å²) in [6, 6.07) is 7.62. The lowest BCUT2D eigenvalue weighted by molar-refractivity contribution is -0.118. The van der Waals surface area contributed by atoms with Crippen LogP contribution in [-0.4, -0.2) is 54.4 Å². The van der Waals surface area contributed by atoms with Crippen molar-refractivity contribution >= 4 is 28.7 Å². The molecule has 7 heteroatoms. The van der Waals surface area contributed by atoms with E-state index in [1.165, 1.54) is 0 Å². The Labute approximate surface area is 152 Å². The maximum atomic E-state index is 11.6. The van der Waals surface area contributed by atoms with Crippen LogP contribution < -0.4 is 10.1 Å². The van der Waals surface area contributed by atoms with E-state index in [9.17, 15) is 9.59 Å². The minimum absolute atomic E-state index is 0.215. The predicted octanol–water partition coefficient (Wildman–Crippen LogP) is 2.50. The van der Waals surface area contributed by atoms with Crippen LogP contribution in [0.4, 0.5) is 4.79 Å². The number of amides is 2. The Balaban J connectivity index is 1.80. The number of amidine groups is 1. The number of carbonyl (C=O) groups excluding carboxylic acids is 2. The molecular formula is C18H23N3O3S. The van der Waals surface area contributed by atoms with Crippen molar-refractivity contribution in [2.45, 2.75) is 18.6 Å². The van der Waals surface area contributed by atoms with Crippen LogP contribution in [0, 0.1) is 0 Å². The van der Waals surface area contributed by atoms with Gasteiger partial charge in [0, 0.05) is 14.1 Å². The van der Waals surface area contributed by atoms with Gasteiger partial charge in [-0.15, -0.1) is 0 Å².